The van der Waals surface area contributed by atoms with E-state index in [1.54, 1.807) is 0 Å². The summed E-state index contributed by atoms with van der Waals surface area (Å²) in [5, 5.41) is 5.94. The molecule has 0 aliphatic rings. The summed E-state index contributed by atoms with van der Waals surface area (Å²) >= 11 is 0. The number of hydrogen-bond donors (Lipinski definition) is 0. The van der Waals surface area contributed by atoms with Crippen molar-refractivity contribution in [1.29, 1.82) is 0 Å². The van der Waals surface area contributed by atoms with Crippen molar-refractivity contribution in [2.75, 3.05) is 12.3 Å². The molecule has 0 aliphatic heterocycles. The number of benzene rings is 4. The molecule has 174 valence electrons. The molecular weight excluding hydrogens is 501 g/mol. The standard InChI is InChI=1S/C27H26P2.2CO.Ni/c1-5-14-24(15-6-1)28(25-16-7-2-8-17-25)22-13-23-29(26-18-9-3-10-19-26)27-20-11-4-12-21-27;2*1-2;/h1-12,14-21H,13,22-23H2;;;. The molecule has 0 fully saturated rings. The molecule has 0 amide bonds. The van der Waals surface area contributed by atoms with Crippen molar-refractivity contribution in [1.82, 2.24) is 0 Å². The van der Waals surface area contributed by atoms with E-state index in [9.17, 15) is 0 Å². The number of carbonyl (C=O) groups excluding carboxylic acids is 2. The smallest absolute Gasteiger partial charge is 0.281 e. The first kappa shape index (κ1) is 29.6. The van der Waals surface area contributed by atoms with Crippen LogP contribution in [-0.2, 0) is 26.1 Å². The van der Waals surface area contributed by atoms with Gasteiger partial charge in [0.05, 0.1) is 0 Å². The third kappa shape index (κ3) is 9.08. The van der Waals surface area contributed by atoms with Crippen LogP contribution in [0.25, 0.3) is 0 Å². The average Bonchev–Trinajstić information content (AvgIpc) is 2.93. The summed E-state index contributed by atoms with van der Waals surface area (Å²) in [4.78, 5) is 15.0. The molecule has 2 nitrogen and oxygen atoms in total. The van der Waals surface area contributed by atoms with E-state index in [1.807, 2.05) is 0 Å². The summed E-state index contributed by atoms with van der Waals surface area (Å²) in [5.74, 6) is 0. The van der Waals surface area contributed by atoms with Gasteiger partial charge in [-0.15, -0.1) is 0 Å². The molecule has 4 aromatic carbocycles. The second-order valence-electron chi connectivity index (χ2n) is 7.00. The predicted octanol–water partition coefficient (Wildman–Crippen LogP) is 4.85. The van der Waals surface area contributed by atoms with Gasteiger partial charge in [-0.2, -0.15) is 0 Å². The molecule has 0 atom stereocenters. The molecule has 0 aromatic heterocycles. The summed E-state index contributed by atoms with van der Waals surface area (Å²) in [5.41, 5.74) is 0. The molecule has 0 bridgehead atoms. The van der Waals surface area contributed by atoms with Gasteiger partial charge in [0, 0.05) is 16.5 Å². The van der Waals surface area contributed by atoms with Crippen molar-refractivity contribution >= 4 is 50.6 Å². The van der Waals surface area contributed by atoms with Gasteiger partial charge in [0.25, 0.3) is 13.6 Å². The van der Waals surface area contributed by atoms with Crippen LogP contribution in [0.2, 0.25) is 0 Å². The maximum absolute atomic E-state index is 7.50. The van der Waals surface area contributed by atoms with Crippen molar-refractivity contribution in [3.8, 4) is 0 Å². The van der Waals surface area contributed by atoms with Gasteiger partial charge in [-0.05, 0) is 55.8 Å². The van der Waals surface area contributed by atoms with Crippen LogP contribution in [0.3, 0.4) is 0 Å². The van der Waals surface area contributed by atoms with Crippen LogP contribution in [0.4, 0.5) is 0 Å². The summed E-state index contributed by atoms with van der Waals surface area (Å²) in [7, 11) is -0.618. The Morgan fingerprint density at radius 2 is 0.618 bits per heavy atom. The molecule has 5 heteroatoms. The molecular formula is C29H26NiO2P2. The van der Waals surface area contributed by atoms with Crippen molar-refractivity contribution in [2.45, 2.75) is 6.42 Å². The van der Waals surface area contributed by atoms with Crippen molar-refractivity contribution < 1.29 is 26.1 Å². The monoisotopic (exact) mass is 526 g/mol. The van der Waals surface area contributed by atoms with Crippen LogP contribution in [-0.4, -0.2) is 25.9 Å². The zero-order valence-electron chi connectivity index (χ0n) is 18.7. The van der Waals surface area contributed by atoms with Crippen LogP contribution < -0.4 is 21.2 Å². The van der Waals surface area contributed by atoms with Gasteiger partial charge in [-0.1, -0.05) is 121 Å². The Balaban J connectivity index is 0.00000110. The molecule has 4 aromatic rings. The fourth-order valence-electron chi connectivity index (χ4n) is 3.63. The summed E-state index contributed by atoms with van der Waals surface area (Å²) in [6, 6.07) is 44.3. The SMILES string of the molecule is [C]=O.[C]=O.[Ni].c1ccc(P(CCCP(c2ccccc2)c2ccccc2)c2ccccc2)cc1. The van der Waals surface area contributed by atoms with Gasteiger partial charge in [0.15, 0.2) is 0 Å². The first-order chi connectivity index (χ1) is 16.4. The van der Waals surface area contributed by atoms with Crippen molar-refractivity contribution in [3.05, 3.63) is 121 Å². The predicted molar refractivity (Wildman–Crippen MR) is 144 cm³/mol. The van der Waals surface area contributed by atoms with E-state index in [1.165, 1.54) is 40.0 Å². The minimum Gasteiger partial charge on any atom is -0.281 e. The number of hydrogen-bond acceptors (Lipinski definition) is 2. The van der Waals surface area contributed by atoms with E-state index in [0.717, 1.165) is 0 Å². The van der Waals surface area contributed by atoms with E-state index in [0.29, 0.717) is 0 Å². The molecule has 0 saturated heterocycles. The van der Waals surface area contributed by atoms with E-state index < -0.39 is 0 Å². The van der Waals surface area contributed by atoms with Crippen LogP contribution >= 0.6 is 15.8 Å². The maximum atomic E-state index is 7.50. The molecule has 0 N–H and O–H groups in total. The van der Waals surface area contributed by atoms with Gasteiger partial charge >= 0.3 is 0 Å². The van der Waals surface area contributed by atoms with Gasteiger partial charge in [-0.25, -0.2) is 0 Å². The summed E-state index contributed by atoms with van der Waals surface area (Å²) in [6.07, 6.45) is 3.72. The zero-order chi connectivity index (χ0) is 23.7. The Morgan fingerprint density at radius 3 is 0.824 bits per heavy atom. The second kappa shape index (κ2) is 18.0. The minimum absolute atomic E-state index is 0. The molecule has 0 unspecified atom stereocenters. The van der Waals surface area contributed by atoms with E-state index in [4.69, 9.17) is 9.59 Å². The molecule has 4 radical (unpaired) electrons. The Hall–Kier alpha value is -2.43. The van der Waals surface area contributed by atoms with E-state index in [2.05, 4.69) is 135 Å². The molecule has 0 saturated carbocycles. The van der Waals surface area contributed by atoms with Crippen LogP contribution in [0, 0.1) is 0 Å². The van der Waals surface area contributed by atoms with E-state index >= 15 is 0 Å². The molecule has 0 aliphatic carbocycles. The van der Waals surface area contributed by atoms with Gasteiger partial charge < -0.3 is 0 Å². The molecule has 0 spiro atoms. The quantitative estimate of drug-likeness (QED) is 0.243. The molecule has 34 heavy (non-hydrogen) atoms. The Kier molecular flexibility index (Phi) is 15.6. The Labute approximate surface area is 216 Å². The van der Waals surface area contributed by atoms with Crippen molar-refractivity contribution in [2.24, 2.45) is 0 Å². The molecule has 0 heterocycles. The topological polar surface area (TPSA) is 34.1 Å². The summed E-state index contributed by atoms with van der Waals surface area (Å²) in [6.45, 7) is 9.00. The zero-order valence-corrected chi connectivity index (χ0v) is 21.5. The van der Waals surface area contributed by atoms with Crippen LogP contribution in [0.1, 0.15) is 6.42 Å². The average molecular weight is 527 g/mol. The largest absolute Gasteiger partial charge is 0.281 e. The Morgan fingerprint density at radius 1 is 0.412 bits per heavy atom. The number of rotatable bonds is 8. The fraction of sp³-hybridized carbons (Fsp3) is 0.103. The third-order valence-electron chi connectivity index (χ3n) is 5.03. The summed E-state index contributed by atoms with van der Waals surface area (Å²) < 4.78 is 0. The van der Waals surface area contributed by atoms with Gasteiger partial charge in [0.2, 0.25) is 0 Å². The normalized spacial score (nSPS) is 9.71. The van der Waals surface area contributed by atoms with Crippen LogP contribution in [0.15, 0.2) is 121 Å². The van der Waals surface area contributed by atoms with E-state index in [-0.39, 0.29) is 32.3 Å². The first-order valence-corrected chi connectivity index (χ1v) is 13.6. The fourth-order valence-corrected chi connectivity index (χ4v) is 8.59. The first-order valence-electron chi connectivity index (χ1n) is 10.6. The van der Waals surface area contributed by atoms with Gasteiger partial charge in [0.1, 0.15) is 0 Å². The minimum atomic E-state index is -0.309. The van der Waals surface area contributed by atoms with Gasteiger partial charge in [-0.3, -0.25) is 9.59 Å². The molecule has 4 rings (SSSR count). The van der Waals surface area contributed by atoms with Crippen molar-refractivity contribution in [3.63, 3.8) is 0 Å². The Bertz CT molecular complexity index is 855. The second-order valence-corrected chi connectivity index (χ2v) is 11.7. The third-order valence-corrected chi connectivity index (χ3v) is 10.2. The maximum Gasteiger partial charge on any atom is 0.281 e. The van der Waals surface area contributed by atoms with Crippen LogP contribution in [0.5, 0.6) is 0 Å².